The van der Waals surface area contributed by atoms with E-state index < -0.39 is 24.7 Å². The van der Waals surface area contributed by atoms with Crippen molar-refractivity contribution in [3.05, 3.63) is 18.2 Å². The molecule has 0 radical (unpaired) electrons. The summed E-state index contributed by atoms with van der Waals surface area (Å²) in [7, 11) is -2.08. The Labute approximate surface area is 146 Å². The fourth-order valence-electron chi connectivity index (χ4n) is 1.78. The van der Waals surface area contributed by atoms with Gasteiger partial charge >= 0.3 is 0 Å². The van der Waals surface area contributed by atoms with E-state index in [9.17, 15) is 4.89 Å². The number of hydrogen-bond acceptors (Lipinski definition) is 5. The van der Waals surface area contributed by atoms with Crippen molar-refractivity contribution in [2.75, 3.05) is 0 Å². The minimum Gasteiger partial charge on any atom is -0.595 e. The van der Waals surface area contributed by atoms with Crippen LogP contribution in [-0.2, 0) is 0 Å². The molecule has 1 aromatic carbocycles. The van der Waals surface area contributed by atoms with Gasteiger partial charge in [0.1, 0.15) is 17.0 Å². The molecule has 0 aromatic heterocycles. The molecule has 0 fully saturated rings. The molecule has 136 valence electrons. The SMILES string of the molecule is CC(C)(N)/C=[P+](\[O-])Oc1cccc(OC(C)(C)C)c1OC(C)(C)C. The van der Waals surface area contributed by atoms with Crippen LogP contribution in [0.2, 0.25) is 0 Å². The van der Waals surface area contributed by atoms with E-state index in [1.807, 2.05) is 47.6 Å². The van der Waals surface area contributed by atoms with E-state index in [0.717, 1.165) is 0 Å². The molecule has 0 heterocycles. The quantitative estimate of drug-likeness (QED) is 0.816. The minimum absolute atomic E-state index is 0.369. The van der Waals surface area contributed by atoms with Gasteiger partial charge in [0, 0.05) is 0 Å². The molecule has 6 heteroatoms. The lowest BCUT2D eigenvalue weighted by molar-refractivity contribution is -0.165. The van der Waals surface area contributed by atoms with E-state index in [2.05, 4.69) is 0 Å². The third kappa shape index (κ3) is 8.00. The average Bonchev–Trinajstić information content (AvgIpc) is 2.27. The smallest absolute Gasteiger partial charge is 0.274 e. The Bertz CT molecular complexity index is 593. The predicted octanol–water partition coefficient (Wildman–Crippen LogP) is 3.63. The monoisotopic (exact) mass is 355 g/mol. The van der Waals surface area contributed by atoms with Gasteiger partial charge in [0.05, 0.1) is 5.54 Å². The molecular formula is C18H30NO4P. The van der Waals surface area contributed by atoms with Gasteiger partial charge in [-0.1, -0.05) is 6.07 Å². The van der Waals surface area contributed by atoms with Crippen molar-refractivity contribution < 1.29 is 18.9 Å². The van der Waals surface area contributed by atoms with Crippen molar-refractivity contribution >= 4 is 13.8 Å². The third-order valence-corrected chi connectivity index (χ3v) is 3.65. The lowest BCUT2D eigenvalue weighted by Gasteiger charge is -2.27. The second kappa shape index (κ2) is 7.30. The lowest BCUT2D eigenvalue weighted by atomic mass is 10.1. The van der Waals surface area contributed by atoms with Crippen LogP contribution in [0.1, 0.15) is 55.4 Å². The molecule has 0 spiro atoms. The van der Waals surface area contributed by atoms with Crippen molar-refractivity contribution in [3.63, 3.8) is 0 Å². The molecule has 1 atom stereocenters. The van der Waals surface area contributed by atoms with Gasteiger partial charge in [0.25, 0.3) is 8.00 Å². The van der Waals surface area contributed by atoms with Gasteiger partial charge in [-0.25, -0.2) is 0 Å². The van der Waals surface area contributed by atoms with Crippen LogP contribution in [-0.4, -0.2) is 22.5 Å². The molecular weight excluding hydrogens is 325 g/mol. The summed E-state index contributed by atoms with van der Waals surface area (Å²) in [4.78, 5) is 12.2. The Balaban J connectivity index is 3.28. The second-order valence-corrected chi connectivity index (χ2v) is 9.35. The maximum absolute atomic E-state index is 12.2. The van der Waals surface area contributed by atoms with Gasteiger partial charge in [-0.15, -0.1) is 0 Å². The summed E-state index contributed by atoms with van der Waals surface area (Å²) in [6.07, 6.45) is 0. The van der Waals surface area contributed by atoms with E-state index in [1.165, 1.54) is 5.80 Å². The first kappa shape index (κ1) is 20.8. The zero-order valence-corrected chi connectivity index (χ0v) is 16.9. The first-order valence-corrected chi connectivity index (χ1v) is 9.21. The Morgan fingerprint density at radius 1 is 0.917 bits per heavy atom. The molecule has 24 heavy (non-hydrogen) atoms. The maximum Gasteiger partial charge on any atom is 0.274 e. The highest BCUT2D eigenvalue weighted by atomic mass is 31.1. The summed E-state index contributed by atoms with van der Waals surface area (Å²) < 4.78 is 17.6. The minimum atomic E-state index is -2.08. The number of nitrogens with two attached hydrogens (primary N) is 1. The van der Waals surface area contributed by atoms with Gasteiger partial charge in [0.2, 0.25) is 11.5 Å². The van der Waals surface area contributed by atoms with Gasteiger partial charge in [-0.05, 0) is 67.5 Å². The molecule has 0 aliphatic heterocycles. The standard InChI is InChI=1S/C18H30NO4P/c1-16(2,3)21-13-10-9-11-14(15(13)22-17(4,5)6)23-24(20)12-18(7,8)19/h9-12H,19H2,1-8H3. The predicted molar refractivity (Wildman–Crippen MR) is 99.1 cm³/mol. The number of rotatable bonds is 5. The first-order valence-electron chi connectivity index (χ1n) is 7.97. The van der Waals surface area contributed by atoms with Crippen molar-refractivity contribution in [1.82, 2.24) is 0 Å². The molecule has 0 aliphatic carbocycles. The second-order valence-electron chi connectivity index (χ2n) is 8.34. The fraction of sp³-hybridized carbons (Fsp3) is 0.611. The summed E-state index contributed by atoms with van der Waals surface area (Å²) in [5.41, 5.74) is 4.31. The first-order chi connectivity index (χ1) is 10.7. The number of ether oxygens (including phenoxy) is 2. The normalized spacial score (nSPS) is 13.7. The van der Waals surface area contributed by atoms with Gasteiger partial charge < -0.3 is 20.1 Å². The van der Waals surface area contributed by atoms with Crippen LogP contribution in [0.25, 0.3) is 0 Å². The molecule has 0 aliphatic rings. The Kier molecular flexibility index (Phi) is 6.31. The van der Waals surface area contributed by atoms with Crippen molar-refractivity contribution in [3.8, 4) is 17.2 Å². The molecule has 0 saturated heterocycles. The molecule has 0 amide bonds. The number of benzene rings is 1. The van der Waals surface area contributed by atoms with Crippen LogP contribution >= 0.6 is 8.00 Å². The van der Waals surface area contributed by atoms with Gasteiger partial charge in [-0.3, -0.25) is 4.52 Å². The van der Waals surface area contributed by atoms with Crippen molar-refractivity contribution in [2.24, 2.45) is 5.73 Å². The number of para-hydroxylation sites is 1. The summed E-state index contributed by atoms with van der Waals surface area (Å²) in [6.45, 7) is 15.2. The Morgan fingerprint density at radius 3 is 1.88 bits per heavy atom. The zero-order chi connectivity index (χ0) is 18.8. The summed E-state index contributed by atoms with van der Waals surface area (Å²) in [6, 6.07) is 5.30. The van der Waals surface area contributed by atoms with E-state index in [-0.39, 0.29) is 0 Å². The average molecular weight is 355 g/mol. The van der Waals surface area contributed by atoms with Crippen LogP contribution < -0.4 is 24.6 Å². The van der Waals surface area contributed by atoms with E-state index in [4.69, 9.17) is 19.7 Å². The van der Waals surface area contributed by atoms with Gasteiger partial charge in [0.15, 0.2) is 5.75 Å². The van der Waals surface area contributed by atoms with Crippen molar-refractivity contribution in [1.29, 1.82) is 0 Å². The van der Waals surface area contributed by atoms with Crippen LogP contribution in [0.4, 0.5) is 0 Å². The summed E-state index contributed by atoms with van der Waals surface area (Å²) in [5, 5.41) is 0. The highest BCUT2D eigenvalue weighted by Crippen LogP contribution is 2.43. The molecule has 2 N–H and O–H groups in total. The summed E-state index contributed by atoms with van der Waals surface area (Å²) in [5.74, 6) is 2.82. The lowest BCUT2D eigenvalue weighted by Crippen LogP contribution is -2.34. The van der Waals surface area contributed by atoms with Gasteiger partial charge in [-0.2, -0.15) is 0 Å². The molecule has 0 saturated carbocycles. The van der Waals surface area contributed by atoms with Crippen LogP contribution in [0.5, 0.6) is 17.2 Å². The third-order valence-electron chi connectivity index (χ3n) is 2.39. The highest BCUT2D eigenvalue weighted by Gasteiger charge is 2.25. The molecule has 1 unspecified atom stereocenters. The molecule has 5 nitrogen and oxygen atoms in total. The largest absolute Gasteiger partial charge is 0.595 e. The maximum atomic E-state index is 12.2. The van der Waals surface area contributed by atoms with Crippen LogP contribution in [0.15, 0.2) is 18.2 Å². The summed E-state index contributed by atoms with van der Waals surface area (Å²) >= 11 is 0. The molecule has 0 bridgehead atoms. The number of hydrogen-bond donors (Lipinski definition) is 1. The fourth-order valence-corrected chi connectivity index (χ4v) is 2.71. The Hall–Kier alpha value is -1.29. The van der Waals surface area contributed by atoms with E-state index in [1.54, 1.807) is 26.0 Å². The topological polar surface area (TPSA) is 76.8 Å². The van der Waals surface area contributed by atoms with Crippen LogP contribution in [0, 0.1) is 0 Å². The molecule has 1 rings (SSSR count). The highest BCUT2D eigenvalue weighted by molar-refractivity contribution is 7.45. The van der Waals surface area contributed by atoms with Crippen LogP contribution in [0.3, 0.4) is 0 Å². The van der Waals surface area contributed by atoms with Crippen molar-refractivity contribution in [2.45, 2.75) is 72.1 Å². The van der Waals surface area contributed by atoms with E-state index in [0.29, 0.717) is 17.2 Å². The zero-order valence-electron chi connectivity index (χ0n) is 16.0. The molecule has 1 aromatic rings. The van der Waals surface area contributed by atoms with E-state index >= 15 is 0 Å². The Morgan fingerprint density at radius 2 is 1.42 bits per heavy atom.